The lowest BCUT2D eigenvalue weighted by molar-refractivity contribution is 0.466. The Balaban J connectivity index is 1.85. The van der Waals surface area contributed by atoms with E-state index < -0.39 is 32.1 Å². The van der Waals surface area contributed by atoms with E-state index in [0.29, 0.717) is 22.3 Å². The molecular weight excluding hydrogens is 516 g/mol. The van der Waals surface area contributed by atoms with E-state index >= 15 is 0 Å². The molecule has 38 heavy (non-hydrogen) atoms. The van der Waals surface area contributed by atoms with Crippen molar-refractivity contribution in [1.29, 1.82) is 0 Å². The van der Waals surface area contributed by atoms with Gasteiger partial charge < -0.3 is 0 Å². The van der Waals surface area contributed by atoms with Crippen molar-refractivity contribution in [3.63, 3.8) is 0 Å². The van der Waals surface area contributed by atoms with Crippen LogP contribution < -0.4 is 9.44 Å². The third-order valence-electron chi connectivity index (χ3n) is 6.45. The molecule has 0 aromatic heterocycles. The molecule has 0 aliphatic carbocycles. The Bertz CT molecular complexity index is 1510. The van der Waals surface area contributed by atoms with Crippen LogP contribution in [0.5, 0.6) is 0 Å². The van der Waals surface area contributed by atoms with E-state index in [4.69, 9.17) is 0 Å². The molecule has 0 radical (unpaired) electrons. The van der Waals surface area contributed by atoms with Crippen molar-refractivity contribution < 1.29 is 16.8 Å². The van der Waals surface area contributed by atoms with Crippen LogP contribution in [-0.2, 0) is 20.0 Å². The summed E-state index contributed by atoms with van der Waals surface area (Å²) in [5, 5.41) is 0. The first-order chi connectivity index (χ1) is 18.0. The molecule has 0 saturated heterocycles. The van der Waals surface area contributed by atoms with Crippen LogP contribution in [0.15, 0.2) is 107 Å². The van der Waals surface area contributed by atoms with Gasteiger partial charge >= 0.3 is 0 Å². The normalized spacial score (nSPS) is 13.7. The van der Waals surface area contributed by atoms with Gasteiger partial charge in [-0.3, -0.25) is 0 Å². The average molecular weight is 549 g/mol. The van der Waals surface area contributed by atoms with E-state index in [0.717, 1.165) is 11.1 Å². The Hall–Kier alpha value is -3.30. The average Bonchev–Trinajstić information content (AvgIpc) is 2.86. The fourth-order valence-electron chi connectivity index (χ4n) is 4.64. The van der Waals surface area contributed by atoms with Crippen molar-refractivity contribution >= 4 is 20.0 Å². The standard InChI is InChI=1S/C30H32N2O4S2/c1-21-15-17-27(23(3)19-21)37(33,34)31-29(25-11-7-5-8-12-25)30(26-13-9-6-10-14-26)32-38(35,36)28-18-16-22(2)20-24(28)4/h5-20,29-32H,1-4H3/t29-,30-/m0/s1. The van der Waals surface area contributed by atoms with Crippen LogP contribution in [0.25, 0.3) is 0 Å². The second-order valence-electron chi connectivity index (χ2n) is 9.56. The summed E-state index contributed by atoms with van der Waals surface area (Å²) in [5.74, 6) is 0. The van der Waals surface area contributed by atoms with E-state index in [2.05, 4.69) is 9.44 Å². The predicted octanol–water partition coefficient (Wildman–Crippen LogP) is 5.66. The van der Waals surface area contributed by atoms with Crippen LogP contribution in [0.2, 0.25) is 0 Å². The summed E-state index contributed by atoms with van der Waals surface area (Å²) in [4.78, 5) is 0.293. The minimum Gasteiger partial charge on any atom is -0.207 e. The number of aryl methyl sites for hydroxylation is 4. The van der Waals surface area contributed by atoms with Crippen molar-refractivity contribution in [2.75, 3.05) is 0 Å². The van der Waals surface area contributed by atoms with Gasteiger partial charge in [0.1, 0.15) is 0 Å². The highest BCUT2D eigenvalue weighted by atomic mass is 32.2. The van der Waals surface area contributed by atoms with Crippen LogP contribution in [-0.4, -0.2) is 16.8 Å². The predicted molar refractivity (Wildman–Crippen MR) is 151 cm³/mol. The van der Waals surface area contributed by atoms with Gasteiger partial charge in [0.2, 0.25) is 20.0 Å². The molecule has 4 aromatic carbocycles. The molecule has 198 valence electrons. The van der Waals surface area contributed by atoms with E-state index in [9.17, 15) is 16.8 Å². The van der Waals surface area contributed by atoms with Gasteiger partial charge in [0.25, 0.3) is 0 Å². The van der Waals surface area contributed by atoms with Crippen molar-refractivity contribution in [1.82, 2.24) is 9.44 Å². The summed E-state index contributed by atoms with van der Waals surface area (Å²) in [6.45, 7) is 7.29. The maximum atomic E-state index is 13.7. The Kier molecular flexibility index (Phi) is 8.18. The monoisotopic (exact) mass is 548 g/mol. The topological polar surface area (TPSA) is 92.3 Å². The van der Waals surface area contributed by atoms with Gasteiger partial charge in [-0.25, -0.2) is 26.3 Å². The van der Waals surface area contributed by atoms with Gasteiger partial charge in [0, 0.05) is 0 Å². The number of hydrogen-bond acceptors (Lipinski definition) is 4. The largest absolute Gasteiger partial charge is 0.241 e. The van der Waals surface area contributed by atoms with Crippen molar-refractivity contribution in [3.8, 4) is 0 Å². The molecule has 0 aliphatic heterocycles. The first-order valence-corrected chi connectivity index (χ1v) is 15.2. The summed E-state index contributed by atoms with van der Waals surface area (Å²) < 4.78 is 60.5. The number of hydrogen-bond donors (Lipinski definition) is 2. The van der Waals surface area contributed by atoms with E-state index in [1.54, 1.807) is 86.6 Å². The van der Waals surface area contributed by atoms with Gasteiger partial charge in [0.05, 0.1) is 21.9 Å². The number of benzene rings is 4. The third-order valence-corrected chi connectivity index (χ3v) is 9.66. The molecule has 0 unspecified atom stereocenters. The molecule has 4 rings (SSSR count). The van der Waals surface area contributed by atoms with E-state index in [1.807, 2.05) is 38.1 Å². The Morgan fingerprint density at radius 1 is 0.500 bits per heavy atom. The number of sulfonamides is 2. The molecule has 4 aromatic rings. The highest BCUT2D eigenvalue weighted by molar-refractivity contribution is 7.90. The third kappa shape index (κ3) is 6.22. The molecule has 0 spiro atoms. The van der Waals surface area contributed by atoms with E-state index in [-0.39, 0.29) is 9.79 Å². The molecule has 2 N–H and O–H groups in total. The molecule has 0 fully saturated rings. The molecule has 6 nitrogen and oxygen atoms in total. The fourth-order valence-corrected chi connectivity index (χ4v) is 7.57. The summed E-state index contributed by atoms with van der Waals surface area (Å²) in [7, 11) is -8.05. The van der Waals surface area contributed by atoms with Gasteiger partial charge in [-0.2, -0.15) is 0 Å². The molecule has 2 atom stereocenters. The highest BCUT2D eigenvalue weighted by Crippen LogP contribution is 2.33. The Labute approximate surface area is 225 Å². The van der Waals surface area contributed by atoms with Gasteiger partial charge in [-0.1, -0.05) is 96.1 Å². The lowest BCUT2D eigenvalue weighted by Gasteiger charge is -2.30. The van der Waals surface area contributed by atoms with Gasteiger partial charge in [0.15, 0.2) is 0 Å². The van der Waals surface area contributed by atoms with Crippen molar-refractivity contribution in [2.45, 2.75) is 49.6 Å². The first-order valence-electron chi connectivity index (χ1n) is 12.3. The summed E-state index contributed by atoms with van der Waals surface area (Å²) >= 11 is 0. The second-order valence-corrected chi connectivity index (χ2v) is 12.9. The Morgan fingerprint density at radius 2 is 0.842 bits per heavy atom. The Morgan fingerprint density at radius 3 is 1.16 bits per heavy atom. The van der Waals surface area contributed by atoms with Crippen molar-refractivity contribution in [3.05, 3.63) is 130 Å². The molecule has 0 amide bonds. The molecule has 0 aliphatic rings. The van der Waals surface area contributed by atoms with Crippen LogP contribution in [0.3, 0.4) is 0 Å². The summed E-state index contributed by atoms with van der Waals surface area (Å²) in [5.41, 5.74) is 4.36. The lowest BCUT2D eigenvalue weighted by atomic mass is 9.95. The van der Waals surface area contributed by atoms with Crippen LogP contribution >= 0.6 is 0 Å². The molecule has 0 bridgehead atoms. The highest BCUT2D eigenvalue weighted by Gasteiger charge is 2.34. The molecular formula is C30H32N2O4S2. The fraction of sp³-hybridized carbons (Fsp3) is 0.200. The van der Waals surface area contributed by atoms with Gasteiger partial charge in [-0.05, 0) is 62.1 Å². The van der Waals surface area contributed by atoms with E-state index in [1.165, 1.54) is 0 Å². The number of nitrogens with one attached hydrogen (secondary N) is 2. The van der Waals surface area contributed by atoms with Crippen LogP contribution in [0.4, 0.5) is 0 Å². The summed E-state index contributed by atoms with van der Waals surface area (Å²) in [6, 6.07) is 26.4. The minimum atomic E-state index is -4.03. The summed E-state index contributed by atoms with van der Waals surface area (Å²) in [6.07, 6.45) is 0. The van der Waals surface area contributed by atoms with Gasteiger partial charge in [-0.15, -0.1) is 0 Å². The van der Waals surface area contributed by atoms with Crippen molar-refractivity contribution in [2.24, 2.45) is 0 Å². The zero-order valence-corrected chi connectivity index (χ0v) is 23.5. The maximum absolute atomic E-state index is 13.7. The molecule has 0 saturated carbocycles. The smallest absolute Gasteiger partial charge is 0.207 e. The van der Waals surface area contributed by atoms with Crippen LogP contribution in [0.1, 0.15) is 45.5 Å². The lowest BCUT2D eigenvalue weighted by Crippen LogP contribution is -2.41. The quantitative estimate of drug-likeness (QED) is 0.282. The minimum absolute atomic E-state index is 0.146. The SMILES string of the molecule is Cc1ccc(S(=O)(=O)N[C@@H](c2ccccc2)[C@@H](NS(=O)(=O)c2ccc(C)cc2C)c2ccccc2)c(C)c1. The second kappa shape index (κ2) is 11.2. The maximum Gasteiger partial charge on any atom is 0.241 e. The zero-order chi connectivity index (χ0) is 27.5. The first kappa shape index (κ1) is 27.7. The molecule has 0 heterocycles. The molecule has 8 heteroatoms. The number of rotatable bonds is 9. The zero-order valence-electron chi connectivity index (χ0n) is 21.8. The van der Waals surface area contributed by atoms with Crippen LogP contribution in [0, 0.1) is 27.7 Å².